The van der Waals surface area contributed by atoms with Crippen LogP contribution in [0.2, 0.25) is 5.15 Å². The fraction of sp³-hybridized carbons (Fsp3) is 0.412. The summed E-state index contributed by atoms with van der Waals surface area (Å²) in [5, 5.41) is 0.519. The van der Waals surface area contributed by atoms with Gasteiger partial charge in [-0.05, 0) is 31.1 Å². The Morgan fingerprint density at radius 3 is 2.33 bits per heavy atom. The Labute approximate surface area is 130 Å². The molecule has 1 aromatic carbocycles. The molecule has 0 unspecified atom stereocenters. The van der Waals surface area contributed by atoms with E-state index in [1.165, 1.54) is 25.7 Å². The lowest BCUT2D eigenvalue weighted by molar-refractivity contribution is 0.383. The van der Waals surface area contributed by atoms with Crippen LogP contribution in [0.4, 0.5) is 5.82 Å². The normalized spacial score (nSPS) is 19.8. The van der Waals surface area contributed by atoms with Crippen molar-refractivity contribution in [1.29, 1.82) is 0 Å². The second-order valence-electron chi connectivity index (χ2n) is 6.23. The van der Waals surface area contributed by atoms with Crippen LogP contribution in [0.1, 0.15) is 25.7 Å². The molecule has 21 heavy (non-hydrogen) atoms. The summed E-state index contributed by atoms with van der Waals surface area (Å²) in [6.07, 6.45) is 5.41. The second kappa shape index (κ2) is 4.99. The van der Waals surface area contributed by atoms with E-state index < -0.39 is 0 Å². The highest BCUT2D eigenvalue weighted by Gasteiger charge is 2.44. The van der Waals surface area contributed by atoms with Gasteiger partial charge in [0.1, 0.15) is 11.0 Å². The minimum absolute atomic E-state index is 0.519. The summed E-state index contributed by atoms with van der Waals surface area (Å²) in [4.78, 5) is 11.4. The summed E-state index contributed by atoms with van der Waals surface area (Å²) in [5.41, 5.74) is 1.69. The summed E-state index contributed by atoms with van der Waals surface area (Å²) in [6, 6.07) is 11.9. The maximum Gasteiger partial charge on any atom is 0.163 e. The van der Waals surface area contributed by atoms with Gasteiger partial charge in [-0.2, -0.15) is 0 Å². The van der Waals surface area contributed by atoms with E-state index in [2.05, 4.69) is 9.88 Å². The standard InChI is InChI=1S/C17H18ClN3/c18-14-12-15(21-10-8-17(6-7-17)9-11-21)20-16(19-14)13-4-2-1-3-5-13/h1-5,12H,6-11H2. The number of hydrogen-bond acceptors (Lipinski definition) is 3. The van der Waals surface area contributed by atoms with Gasteiger partial charge < -0.3 is 4.90 Å². The maximum atomic E-state index is 6.21. The van der Waals surface area contributed by atoms with Crippen molar-refractivity contribution in [1.82, 2.24) is 9.97 Å². The number of halogens is 1. The molecule has 1 saturated carbocycles. The zero-order valence-electron chi connectivity index (χ0n) is 11.9. The van der Waals surface area contributed by atoms with Crippen molar-refractivity contribution in [2.45, 2.75) is 25.7 Å². The zero-order chi connectivity index (χ0) is 14.3. The van der Waals surface area contributed by atoms with Crippen LogP contribution in [0.25, 0.3) is 11.4 Å². The lowest BCUT2D eigenvalue weighted by Crippen LogP contribution is -2.35. The van der Waals surface area contributed by atoms with E-state index in [0.717, 1.165) is 24.5 Å². The SMILES string of the molecule is Clc1cc(N2CCC3(CC2)CC3)nc(-c2ccccc2)n1. The molecular weight excluding hydrogens is 282 g/mol. The van der Waals surface area contributed by atoms with Crippen LogP contribution < -0.4 is 4.90 Å². The largest absolute Gasteiger partial charge is 0.356 e. The van der Waals surface area contributed by atoms with Gasteiger partial charge in [0.05, 0.1) is 0 Å². The molecule has 1 aliphatic heterocycles. The molecule has 4 rings (SSSR count). The van der Waals surface area contributed by atoms with Gasteiger partial charge in [0, 0.05) is 24.7 Å². The van der Waals surface area contributed by atoms with E-state index in [0.29, 0.717) is 16.4 Å². The Hall–Kier alpha value is -1.61. The minimum Gasteiger partial charge on any atom is -0.356 e. The molecule has 4 heteroatoms. The number of hydrogen-bond donors (Lipinski definition) is 0. The van der Waals surface area contributed by atoms with Crippen LogP contribution in [0, 0.1) is 5.41 Å². The van der Waals surface area contributed by atoms with Crippen LogP contribution in [0.3, 0.4) is 0 Å². The molecule has 3 nitrogen and oxygen atoms in total. The third kappa shape index (κ3) is 2.62. The van der Waals surface area contributed by atoms with Crippen LogP contribution in [-0.2, 0) is 0 Å². The molecule has 2 aromatic rings. The molecule has 1 aliphatic carbocycles. The molecule has 108 valence electrons. The van der Waals surface area contributed by atoms with E-state index in [-0.39, 0.29) is 0 Å². The molecule has 0 N–H and O–H groups in total. The minimum atomic E-state index is 0.519. The van der Waals surface area contributed by atoms with E-state index in [9.17, 15) is 0 Å². The molecule has 2 fully saturated rings. The molecule has 0 radical (unpaired) electrons. The lowest BCUT2D eigenvalue weighted by atomic mass is 9.94. The Kier molecular flexibility index (Phi) is 3.11. The topological polar surface area (TPSA) is 29.0 Å². The van der Waals surface area contributed by atoms with Gasteiger partial charge in [0.15, 0.2) is 5.82 Å². The van der Waals surface area contributed by atoms with Gasteiger partial charge >= 0.3 is 0 Å². The van der Waals surface area contributed by atoms with Crippen molar-refractivity contribution in [2.75, 3.05) is 18.0 Å². The third-order valence-electron chi connectivity index (χ3n) is 4.82. The summed E-state index contributed by atoms with van der Waals surface area (Å²) >= 11 is 6.21. The highest BCUT2D eigenvalue weighted by Crippen LogP contribution is 2.53. The molecular formula is C17H18ClN3. The highest BCUT2D eigenvalue weighted by molar-refractivity contribution is 6.29. The van der Waals surface area contributed by atoms with Gasteiger partial charge in [0.2, 0.25) is 0 Å². The number of piperidine rings is 1. The van der Waals surface area contributed by atoms with Gasteiger partial charge in [-0.15, -0.1) is 0 Å². The predicted octanol–water partition coefficient (Wildman–Crippen LogP) is 4.18. The van der Waals surface area contributed by atoms with Crippen molar-refractivity contribution < 1.29 is 0 Å². The van der Waals surface area contributed by atoms with E-state index in [1.807, 2.05) is 36.4 Å². The van der Waals surface area contributed by atoms with Gasteiger partial charge in [-0.1, -0.05) is 41.9 Å². The number of benzene rings is 1. The molecule has 1 saturated heterocycles. The fourth-order valence-corrected chi connectivity index (χ4v) is 3.35. The average Bonchev–Trinajstić information content (AvgIpc) is 3.27. The molecule has 1 spiro atoms. The summed E-state index contributed by atoms with van der Waals surface area (Å²) in [6.45, 7) is 2.17. The van der Waals surface area contributed by atoms with Crippen molar-refractivity contribution in [3.63, 3.8) is 0 Å². The molecule has 2 aliphatic rings. The fourth-order valence-electron chi connectivity index (χ4n) is 3.17. The lowest BCUT2D eigenvalue weighted by Gasteiger charge is -2.33. The van der Waals surface area contributed by atoms with E-state index in [4.69, 9.17) is 16.6 Å². The Morgan fingerprint density at radius 1 is 0.952 bits per heavy atom. The zero-order valence-corrected chi connectivity index (χ0v) is 12.7. The van der Waals surface area contributed by atoms with Crippen LogP contribution in [0.5, 0.6) is 0 Å². The van der Waals surface area contributed by atoms with Crippen molar-refractivity contribution in [3.05, 3.63) is 41.6 Å². The molecule has 0 bridgehead atoms. The van der Waals surface area contributed by atoms with E-state index >= 15 is 0 Å². The van der Waals surface area contributed by atoms with Gasteiger partial charge in [-0.25, -0.2) is 9.97 Å². The number of rotatable bonds is 2. The smallest absolute Gasteiger partial charge is 0.163 e. The summed E-state index contributed by atoms with van der Waals surface area (Å²) in [7, 11) is 0. The Bertz CT molecular complexity index is 642. The number of aromatic nitrogens is 2. The van der Waals surface area contributed by atoms with E-state index in [1.54, 1.807) is 0 Å². The average molecular weight is 300 g/mol. The van der Waals surface area contributed by atoms with Crippen molar-refractivity contribution in [3.8, 4) is 11.4 Å². The summed E-state index contributed by atoms with van der Waals surface area (Å²) in [5.74, 6) is 1.68. The molecule has 0 atom stereocenters. The molecule has 0 amide bonds. The van der Waals surface area contributed by atoms with Crippen molar-refractivity contribution >= 4 is 17.4 Å². The second-order valence-corrected chi connectivity index (χ2v) is 6.61. The number of nitrogens with zero attached hydrogens (tertiary/aromatic N) is 3. The predicted molar refractivity (Wildman–Crippen MR) is 85.6 cm³/mol. The van der Waals surface area contributed by atoms with Crippen LogP contribution in [0.15, 0.2) is 36.4 Å². The third-order valence-corrected chi connectivity index (χ3v) is 5.01. The quantitative estimate of drug-likeness (QED) is 0.779. The molecule has 2 heterocycles. The first-order valence-corrected chi connectivity index (χ1v) is 7.97. The van der Waals surface area contributed by atoms with Crippen LogP contribution in [-0.4, -0.2) is 23.1 Å². The van der Waals surface area contributed by atoms with Gasteiger partial charge in [0.25, 0.3) is 0 Å². The van der Waals surface area contributed by atoms with Gasteiger partial charge in [-0.3, -0.25) is 0 Å². The first kappa shape index (κ1) is 13.1. The Balaban J connectivity index is 1.62. The molecule has 1 aromatic heterocycles. The van der Waals surface area contributed by atoms with Crippen LogP contribution >= 0.6 is 11.6 Å². The maximum absolute atomic E-state index is 6.21. The summed E-state index contributed by atoms with van der Waals surface area (Å²) < 4.78 is 0. The highest BCUT2D eigenvalue weighted by atomic mass is 35.5. The monoisotopic (exact) mass is 299 g/mol. The first-order chi connectivity index (χ1) is 10.2. The first-order valence-electron chi connectivity index (χ1n) is 7.59. The Morgan fingerprint density at radius 2 is 1.67 bits per heavy atom. The van der Waals surface area contributed by atoms with Crippen molar-refractivity contribution in [2.24, 2.45) is 5.41 Å². The number of anilines is 1.